The fourth-order valence-electron chi connectivity index (χ4n) is 2.37. The molecule has 0 fully saturated rings. The highest BCUT2D eigenvalue weighted by atomic mass is 16.5. The number of fused-ring (bicyclic) bond motifs is 1. The van der Waals surface area contributed by atoms with E-state index in [2.05, 4.69) is 28.3 Å². The predicted octanol–water partition coefficient (Wildman–Crippen LogP) is 3.74. The standard InChI is InChI=1S/C17H16N2O/c1-3-17-18-15-9-4-5-10-16(15)19(17)12-13-7-6-8-14(11-13)20-2/h3-11H,1,12H2,2H3. The zero-order chi connectivity index (χ0) is 13.9. The lowest BCUT2D eigenvalue weighted by Crippen LogP contribution is -2.02. The van der Waals surface area contributed by atoms with Gasteiger partial charge in [0.2, 0.25) is 0 Å². The Balaban J connectivity index is 2.07. The van der Waals surface area contributed by atoms with Gasteiger partial charge >= 0.3 is 0 Å². The average molecular weight is 264 g/mol. The van der Waals surface area contributed by atoms with Crippen LogP contribution in [0.3, 0.4) is 0 Å². The Morgan fingerprint density at radius 3 is 2.85 bits per heavy atom. The number of imidazole rings is 1. The van der Waals surface area contributed by atoms with E-state index in [-0.39, 0.29) is 0 Å². The molecule has 0 amide bonds. The van der Waals surface area contributed by atoms with Gasteiger partial charge in [0.25, 0.3) is 0 Å². The Kier molecular flexibility index (Phi) is 3.25. The van der Waals surface area contributed by atoms with Crippen LogP contribution in [0.5, 0.6) is 5.75 Å². The zero-order valence-electron chi connectivity index (χ0n) is 11.4. The molecule has 3 nitrogen and oxygen atoms in total. The molecule has 0 spiro atoms. The van der Waals surface area contributed by atoms with Gasteiger partial charge in [-0.2, -0.15) is 0 Å². The molecule has 0 N–H and O–H groups in total. The van der Waals surface area contributed by atoms with Crippen LogP contribution in [0.2, 0.25) is 0 Å². The number of ether oxygens (including phenoxy) is 1. The predicted molar refractivity (Wildman–Crippen MR) is 81.9 cm³/mol. The minimum absolute atomic E-state index is 0.749. The molecule has 0 saturated carbocycles. The van der Waals surface area contributed by atoms with Crippen LogP contribution < -0.4 is 4.74 Å². The molecule has 2 aromatic carbocycles. The van der Waals surface area contributed by atoms with Crippen molar-refractivity contribution < 1.29 is 4.74 Å². The second-order valence-electron chi connectivity index (χ2n) is 4.60. The van der Waals surface area contributed by atoms with Crippen LogP contribution in [0.4, 0.5) is 0 Å². The number of nitrogens with zero attached hydrogens (tertiary/aromatic N) is 2. The van der Waals surface area contributed by atoms with E-state index in [1.54, 1.807) is 13.2 Å². The Bertz CT molecular complexity index is 759. The smallest absolute Gasteiger partial charge is 0.133 e. The van der Waals surface area contributed by atoms with Crippen LogP contribution in [-0.2, 0) is 6.54 Å². The minimum Gasteiger partial charge on any atom is -0.497 e. The van der Waals surface area contributed by atoms with Crippen molar-refractivity contribution in [3.05, 3.63) is 66.5 Å². The first-order valence-corrected chi connectivity index (χ1v) is 6.52. The lowest BCUT2D eigenvalue weighted by atomic mass is 10.2. The molecule has 20 heavy (non-hydrogen) atoms. The summed E-state index contributed by atoms with van der Waals surface area (Å²) in [7, 11) is 1.68. The van der Waals surface area contributed by atoms with Gasteiger partial charge in [0.1, 0.15) is 11.6 Å². The molecule has 0 aliphatic heterocycles. The maximum absolute atomic E-state index is 5.27. The van der Waals surface area contributed by atoms with E-state index in [4.69, 9.17) is 4.74 Å². The fourth-order valence-corrected chi connectivity index (χ4v) is 2.37. The molecule has 0 radical (unpaired) electrons. The highest BCUT2D eigenvalue weighted by Gasteiger charge is 2.08. The van der Waals surface area contributed by atoms with Crippen molar-refractivity contribution in [2.45, 2.75) is 6.54 Å². The molecule has 3 heteroatoms. The van der Waals surface area contributed by atoms with Gasteiger partial charge in [-0.05, 0) is 35.9 Å². The molecule has 3 rings (SSSR count). The summed E-state index contributed by atoms with van der Waals surface area (Å²) in [5, 5.41) is 0. The highest BCUT2D eigenvalue weighted by molar-refractivity contribution is 5.77. The van der Waals surface area contributed by atoms with Crippen molar-refractivity contribution in [3.63, 3.8) is 0 Å². The zero-order valence-corrected chi connectivity index (χ0v) is 11.4. The molecule has 1 aromatic heterocycles. The molecular formula is C17H16N2O. The number of hydrogen-bond acceptors (Lipinski definition) is 2. The summed E-state index contributed by atoms with van der Waals surface area (Å²) in [4.78, 5) is 4.58. The number of hydrogen-bond donors (Lipinski definition) is 0. The van der Waals surface area contributed by atoms with Gasteiger partial charge in [-0.3, -0.25) is 0 Å². The van der Waals surface area contributed by atoms with E-state index in [1.165, 1.54) is 5.56 Å². The number of methoxy groups -OCH3 is 1. The number of rotatable bonds is 4. The third-order valence-electron chi connectivity index (χ3n) is 3.34. The van der Waals surface area contributed by atoms with Crippen molar-refractivity contribution >= 4 is 17.1 Å². The quantitative estimate of drug-likeness (QED) is 0.718. The van der Waals surface area contributed by atoms with Crippen LogP contribution in [0.25, 0.3) is 17.1 Å². The van der Waals surface area contributed by atoms with Crippen molar-refractivity contribution in [2.75, 3.05) is 7.11 Å². The van der Waals surface area contributed by atoms with Crippen LogP contribution in [0.15, 0.2) is 55.1 Å². The van der Waals surface area contributed by atoms with Gasteiger partial charge in [-0.15, -0.1) is 0 Å². The Labute approximate surface area is 118 Å². The van der Waals surface area contributed by atoms with Crippen molar-refractivity contribution in [1.82, 2.24) is 9.55 Å². The normalized spacial score (nSPS) is 10.7. The Morgan fingerprint density at radius 1 is 1.20 bits per heavy atom. The van der Waals surface area contributed by atoms with E-state index >= 15 is 0 Å². The molecule has 0 aliphatic carbocycles. The first-order valence-electron chi connectivity index (χ1n) is 6.52. The highest BCUT2D eigenvalue weighted by Crippen LogP contribution is 2.20. The molecule has 0 saturated heterocycles. The molecule has 1 heterocycles. The first-order chi connectivity index (χ1) is 9.81. The van der Waals surface area contributed by atoms with E-state index in [9.17, 15) is 0 Å². The summed E-state index contributed by atoms with van der Waals surface area (Å²) >= 11 is 0. The molecule has 0 atom stereocenters. The summed E-state index contributed by atoms with van der Waals surface area (Å²) in [5.74, 6) is 1.75. The lowest BCUT2D eigenvalue weighted by Gasteiger charge is -2.08. The maximum Gasteiger partial charge on any atom is 0.133 e. The topological polar surface area (TPSA) is 27.1 Å². The molecule has 3 aromatic rings. The molecular weight excluding hydrogens is 248 g/mol. The van der Waals surface area contributed by atoms with E-state index in [0.717, 1.165) is 29.2 Å². The van der Waals surface area contributed by atoms with Gasteiger partial charge in [0.15, 0.2) is 0 Å². The Morgan fingerprint density at radius 2 is 2.05 bits per heavy atom. The summed E-state index contributed by atoms with van der Waals surface area (Å²) in [6, 6.07) is 16.2. The van der Waals surface area contributed by atoms with Gasteiger partial charge < -0.3 is 9.30 Å². The minimum atomic E-state index is 0.749. The van der Waals surface area contributed by atoms with E-state index < -0.39 is 0 Å². The summed E-state index contributed by atoms with van der Waals surface area (Å²) in [5.41, 5.74) is 3.28. The largest absolute Gasteiger partial charge is 0.497 e. The maximum atomic E-state index is 5.27. The van der Waals surface area contributed by atoms with E-state index in [1.807, 2.05) is 36.4 Å². The summed E-state index contributed by atoms with van der Waals surface area (Å²) < 4.78 is 7.44. The average Bonchev–Trinajstić information content (AvgIpc) is 2.85. The summed E-state index contributed by atoms with van der Waals surface area (Å²) in [6.45, 7) is 4.60. The fraction of sp³-hybridized carbons (Fsp3) is 0.118. The molecule has 100 valence electrons. The third-order valence-corrected chi connectivity index (χ3v) is 3.34. The number of aromatic nitrogens is 2. The second-order valence-corrected chi connectivity index (χ2v) is 4.60. The van der Waals surface area contributed by atoms with Crippen molar-refractivity contribution in [1.29, 1.82) is 0 Å². The van der Waals surface area contributed by atoms with Crippen LogP contribution in [-0.4, -0.2) is 16.7 Å². The number of benzene rings is 2. The van der Waals surface area contributed by atoms with Gasteiger partial charge in [0, 0.05) is 6.54 Å². The van der Waals surface area contributed by atoms with E-state index in [0.29, 0.717) is 0 Å². The molecule has 0 aliphatic rings. The van der Waals surface area contributed by atoms with Gasteiger partial charge in [-0.25, -0.2) is 4.98 Å². The summed E-state index contributed by atoms with van der Waals surface area (Å²) in [6.07, 6.45) is 1.79. The van der Waals surface area contributed by atoms with Gasteiger partial charge in [-0.1, -0.05) is 30.8 Å². The van der Waals surface area contributed by atoms with Gasteiger partial charge in [0.05, 0.1) is 18.1 Å². The monoisotopic (exact) mass is 264 g/mol. The first kappa shape index (κ1) is 12.5. The third kappa shape index (κ3) is 2.18. The van der Waals surface area contributed by atoms with Crippen molar-refractivity contribution in [3.8, 4) is 5.75 Å². The van der Waals surface area contributed by atoms with Crippen molar-refractivity contribution in [2.24, 2.45) is 0 Å². The molecule has 0 bridgehead atoms. The van der Waals surface area contributed by atoms with Crippen LogP contribution >= 0.6 is 0 Å². The SMILES string of the molecule is C=Cc1nc2ccccc2n1Cc1cccc(OC)c1. The van der Waals surface area contributed by atoms with Crippen LogP contribution in [0.1, 0.15) is 11.4 Å². The lowest BCUT2D eigenvalue weighted by molar-refractivity contribution is 0.414. The molecule has 0 unspecified atom stereocenters. The second kappa shape index (κ2) is 5.21. The Hall–Kier alpha value is -2.55. The number of para-hydroxylation sites is 2. The van der Waals surface area contributed by atoms with Crippen LogP contribution in [0, 0.1) is 0 Å².